The van der Waals surface area contributed by atoms with Crippen molar-refractivity contribution in [1.82, 2.24) is 15.5 Å². The van der Waals surface area contributed by atoms with E-state index in [-0.39, 0.29) is 11.9 Å². The van der Waals surface area contributed by atoms with E-state index in [9.17, 15) is 4.39 Å². The molecule has 0 bridgehead atoms. The van der Waals surface area contributed by atoms with Crippen LogP contribution in [0, 0.1) is 5.82 Å². The standard InChI is InChI=1S/C23H23ClFN3O/c24-20-9-5-4-8-19(20)22-27-28-23(29-22)21(17-10-12-18(25)13-11-17)26-15-14-16-6-2-1-3-7-16/h4-6,8-13,21,26H,1-3,7,14-15H2. The van der Waals surface area contributed by atoms with Crippen molar-refractivity contribution in [2.75, 3.05) is 6.54 Å². The zero-order valence-corrected chi connectivity index (χ0v) is 16.8. The molecule has 150 valence electrons. The van der Waals surface area contributed by atoms with E-state index in [1.165, 1.54) is 43.4 Å². The van der Waals surface area contributed by atoms with Gasteiger partial charge in [0.2, 0.25) is 11.8 Å². The topological polar surface area (TPSA) is 51.0 Å². The van der Waals surface area contributed by atoms with E-state index in [0.29, 0.717) is 22.4 Å². The van der Waals surface area contributed by atoms with Crippen molar-refractivity contribution < 1.29 is 8.81 Å². The highest BCUT2D eigenvalue weighted by atomic mass is 35.5. The van der Waals surface area contributed by atoms with Gasteiger partial charge in [-0.1, -0.05) is 47.5 Å². The van der Waals surface area contributed by atoms with Gasteiger partial charge in [0.25, 0.3) is 0 Å². The maximum absolute atomic E-state index is 13.4. The van der Waals surface area contributed by atoms with Gasteiger partial charge in [-0.15, -0.1) is 10.2 Å². The Hall–Kier alpha value is -2.50. The third-order valence-corrected chi connectivity index (χ3v) is 5.50. The first-order chi connectivity index (χ1) is 14.2. The predicted molar refractivity (Wildman–Crippen MR) is 112 cm³/mol. The summed E-state index contributed by atoms with van der Waals surface area (Å²) in [6, 6.07) is 13.4. The van der Waals surface area contributed by atoms with Crippen LogP contribution in [-0.2, 0) is 0 Å². The molecule has 2 aromatic carbocycles. The largest absolute Gasteiger partial charge is 0.419 e. The molecule has 0 fully saturated rings. The molecular formula is C23H23ClFN3O. The monoisotopic (exact) mass is 411 g/mol. The molecule has 29 heavy (non-hydrogen) atoms. The maximum atomic E-state index is 13.4. The molecule has 0 aliphatic heterocycles. The molecule has 0 radical (unpaired) electrons. The number of allylic oxidation sites excluding steroid dienone is 1. The van der Waals surface area contributed by atoms with Crippen LogP contribution in [0.15, 0.2) is 64.6 Å². The van der Waals surface area contributed by atoms with E-state index in [1.54, 1.807) is 18.2 Å². The molecule has 6 heteroatoms. The summed E-state index contributed by atoms with van der Waals surface area (Å²) in [6.45, 7) is 0.775. The first-order valence-electron chi connectivity index (χ1n) is 9.96. The summed E-state index contributed by atoms with van der Waals surface area (Å²) >= 11 is 6.26. The summed E-state index contributed by atoms with van der Waals surface area (Å²) in [5, 5.41) is 12.5. The Balaban J connectivity index is 1.56. The van der Waals surface area contributed by atoms with Crippen LogP contribution in [0.1, 0.15) is 49.6 Å². The minimum absolute atomic E-state index is 0.276. The minimum Gasteiger partial charge on any atom is -0.419 e. The molecule has 3 aromatic rings. The van der Waals surface area contributed by atoms with Gasteiger partial charge >= 0.3 is 0 Å². The van der Waals surface area contributed by atoms with Gasteiger partial charge in [0, 0.05) is 0 Å². The third-order valence-electron chi connectivity index (χ3n) is 5.17. The van der Waals surface area contributed by atoms with Crippen LogP contribution in [0.3, 0.4) is 0 Å². The van der Waals surface area contributed by atoms with Crippen molar-refractivity contribution in [3.05, 3.63) is 82.5 Å². The lowest BCUT2D eigenvalue weighted by molar-refractivity contribution is 0.438. The number of aromatic nitrogens is 2. The second-order valence-corrected chi connectivity index (χ2v) is 7.63. The molecule has 1 heterocycles. The Labute approximate surface area is 174 Å². The average Bonchev–Trinajstić information content (AvgIpc) is 3.23. The molecule has 1 aromatic heterocycles. The highest BCUT2D eigenvalue weighted by Crippen LogP contribution is 2.29. The molecule has 4 rings (SSSR count). The fraction of sp³-hybridized carbons (Fsp3) is 0.304. The van der Waals surface area contributed by atoms with Crippen molar-refractivity contribution in [2.45, 2.75) is 38.1 Å². The molecule has 1 N–H and O–H groups in total. The molecule has 1 aliphatic rings. The number of rotatable bonds is 7. The lowest BCUT2D eigenvalue weighted by Gasteiger charge is -2.18. The normalized spacial score (nSPS) is 15.2. The Bertz CT molecular complexity index is 984. The van der Waals surface area contributed by atoms with Crippen molar-refractivity contribution in [1.29, 1.82) is 0 Å². The van der Waals surface area contributed by atoms with Crippen LogP contribution < -0.4 is 5.32 Å². The zero-order chi connectivity index (χ0) is 20.1. The summed E-state index contributed by atoms with van der Waals surface area (Å²) in [5.41, 5.74) is 3.06. The van der Waals surface area contributed by atoms with Crippen LogP contribution >= 0.6 is 11.6 Å². The molecule has 1 unspecified atom stereocenters. The number of halogens is 2. The Morgan fingerprint density at radius 1 is 1.07 bits per heavy atom. The van der Waals surface area contributed by atoms with Crippen molar-refractivity contribution >= 4 is 11.6 Å². The van der Waals surface area contributed by atoms with Crippen molar-refractivity contribution in [3.63, 3.8) is 0 Å². The molecule has 1 atom stereocenters. The second kappa shape index (κ2) is 9.33. The van der Waals surface area contributed by atoms with Crippen LogP contribution in [0.4, 0.5) is 4.39 Å². The molecule has 0 saturated heterocycles. The average molecular weight is 412 g/mol. The first kappa shape index (κ1) is 19.8. The SMILES string of the molecule is Fc1ccc(C(NCCC2=CCCCC2)c2nnc(-c3ccccc3Cl)o2)cc1. The Kier molecular flexibility index (Phi) is 6.37. The van der Waals surface area contributed by atoms with E-state index < -0.39 is 0 Å². The highest BCUT2D eigenvalue weighted by molar-refractivity contribution is 6.33. The molecule has 1 aliphatic carbocycles. The first-order valence-corrected chi connectivity index (χ1v) is 10.3. The summed E-state index contributed by atoms with van der Waals surface area (Å²) in [4.78, 5) is 0. The Morgan fingerprint density at radius 2 is 1.90 bits per heavy atom. The second-order valence-electron chi connectivity index (χ2n) is 7.22. The number of nitrogens with one attached hydrogen (secondary N) is 1. The smallest absolute Gasteiger partial charge is 0.249 e. The zero-order valence-electron chi connectivity index (χ0n) is 16.1. The summed E-state index contributed by atoms with van der Waals surface area (Å²) in [7, 11) is 0. The molecule has 4 nitrogen and oxygen atoms in total. The van der Waals surface area contributed by atoms with Gasteiger partial charge in [-0.25, -0.2) is 4.39 Å². The highest BCUT2D eigenvalue weighted by Gasteiger charge is 2.22. The summed E-state index contributed by atoms with van der Waals surface area (Å²) in [5.74, 6) is 0.529. The fourth-order valence-electron chi connectivity index (χ4n) is 3.61. The van der Waals surface area contributed by atoms with E-state index in [1.807, 2.05) is 18.2 Å². The van der Waals surface area contributed by atoms with E-state index in [2.05, 4.69) is 21.6 Å². The number of benzene rings is 2. The quantitative estimate of drug-likeness (QED) is 0.477. The summed E-state index contributed by atoms with van der Waals surface area (Å²) in [6.07, 6.45) is 8.20. The van der Waals surface area contributed by atoms with Crippen LogP contribution in [-0.4, -0.2) is 16.7 Å². The number of hydrogen-bond acceptors (Lipinski definition) is 4. The van der Waals surface area contributed by atoms with Gasteiger partial charge in [0.1, 0.15) is 11.9 Å². The van der Waals surface area contributed by atoms with Gasteiger partial charge in [0.05, 0.1) is 10.6 Å². The molecule has 0 amide bonds. The van der Waals surface area contributed by atoms with Crippen LogP contribution in [0.2, 0.25) is 5.02 Å². The van der Waals surface area contributed by atoms with Crippen molar-refractivity contribution in [3.8, 4) is 11.5 Å². The van der Waals surface area contributed by atoms with E-state index >= 15 is 0 Å². The van der Waals surface area contributed by atoms with Crippen LogP contribution in [0.25, 0.3) is 11.5 Å². The minimum atomic E-state index is -0.316. The lowest BCUT2D eigenvalue weighted by Crippen LogP contribution is -2.24. The van der Waals surface area contributed by atoms with Gasteiger partial charge in [-0.2, -0.15) is 0 Å². The van der Waals surface area contributed by atoms with Gasteiger partial charge < -0.3 is 9.73 Å². The van der Waals surface area contributed by atoms with E-state index in [4.69, 9.17) is 16.0 Å². The number of nitrogens with zero attached hydrogens (tertiary/aromatic N) is 2. The third kappa shape index (κ3) is 4.92. The van der Waals surface area contributed by atoms with Gasteiger partial charge in [-0.05, 0) is 68.5 Å². The Morgan fingerprint density at radius 3 is 2.66 bits per heavy atom. The van der Waals surface area contributed by atoms with Gasteiger partial charge in [0.15, 0.2) is 0 Å². The predicted octanol–water partition coefficient (Wildman–Crippen LogP) is 6.10. The molecular weight excluding hydrogens is 389 g/mol. The fourth-order valence-corrected chi connectivity index (χ4v) is 3.82. The van der Waals surface area contributed by atoms with Crippen molar-refractivity contribution in [2.24, 2.45) is 0 Å². The molecule has 0 spiro atoms. The molecule has 0 saturated carbocycles. The maximum Gasteiger partial charge on any atom is 0.249 e. The number of hydrogen-bond donors (Lipinski definition) is 1. The van der Waals surface area contributed by atoms with Gasteiger partial charge in [-0.3, -0.25) is 0 Å². The van der Waals surface area contributed by atoms with E-state index in [0.717, 1.165) is 18.5 Å². The lowest BCUT2D eigenvalue weighted by atomic mass is 9.97. The summed E-state index contributed by atoms with van der Waals surface area (Å²) < 4.78 is 19.4. The van der Waals surface area contributed by atoms with Crippen LogP contribution in [0.5, 0.6) is 0 Å².